The molecule has 0 aliphatic carbocycles. The SMILES string of the molecule is CCOc1ccc(/C=C(/NC(=O)c2ccccc2)C(=O)Nc2cccc(SCC(=O)Nc3sc4c(c3C(=O)OC)CCN(C(C)=O)C4)c2)cc1. The third-order valence-electron chi connectivity index (χ3n) is 7.64. The first-order valence-electron chi connectivity index (χ1n) is 15.8. The van der Waals surface area contributed by atoms with Crippen LogP contribution in [0.5, 0.6) is 5.75 Å². The first-order chi connectivity index (χ1) is 24.1. The third kappa shape index (κ3) is 9.18. The van der Waals surface area contributed by atoms with Gasteiger partial charge in [0.05, 0.1) is 31.6 Å². The Bertz CT molecular complexity index is 1920. The zero-order valence-corrected chi connectivity index (χ0v) is 29.4. The molecule has 0 bridgehead atoms. The second-order valence-electron chi connectivity index (χ2n) is 11.1. The Balaban J connectivity index is 1.27. The van der Waals surface area contributed by atoms with Gasteiger partial charge in [0.1, 0.15) is 16.4 Å². The predicted octanol–water partition coefficient (Wildman–Crippen LogP) is 5.98. The summed E-state index contributed by atoms with van der Waals surface area (Å²) in [6, 6.07) is 22.7. The van der Waals surface area contributed by atoms with Crippen LogP contribution in [0, 0.1) is 0 Å². The fourth-order valence-electron chi connectivity index (χ4n) is 5.19. The summed E-state index contributed by atoms with van der Waals surface area (Å²) in [5.41, 5.74) is 2.69. The number of nitrogens with one attached hydrogen (secondary N) is 3. The first-order valence-corrected chi connectivity index (χ1v) is 17.6. The molecule has 50 heavy (non-hydrogen) atoms. The molecule has 0 unspecified atom stereocenters. The Labute approximate surface area is 298 Å². The summed E-state index contributed by atoms with van der Waals surface area (Å²) in [7, 11) is 1.29. The molecular formula is C37H36N4O7S2. The van der Waals surface area contributed by atoms with Crippen LogP contribution in [0.15, 0.2) is 89.5 Å². The zero-order chi connectivity index (χ0) is 35.6. The lowest BCUT2D eigenvalue weighted by atomic mass is 10.0. The molecule has 1 aromatic heterocycles. The molecule has 4 amide bonds. The van der Waals surface area contributed by atoms with Crippen LogP contribution in [0.25, 0.3) is 6.08 Å². The van der Waals surface area contributed by atoms with Crippen molar-refractivity contribution >= 4 is 69.5 Å². The number of anilines is 2. The number of methoxy groups -OCH3 is 1. The minimum Gasteiger partial charge on any atom is -0.494 e. The Kier molecular flexibility index (Phi) is 12.1. The zero-order valence-electron chi connectivity index (χ0n) is 27.7. The van der Waals surface area contributed by atoms with Gasteiger partial charge in [-0.3, -0.25) is 19.2 Å². The number of thioether (sulfide) groups is 1. The maximum absolute atomic E-state index is 13.5. The van der Waals surface area contributed by atoms with Gasteiger partial charge in [-0.2, -0.15) is 0 Å². The molecule has 0 radical (unpaired) electrons. The molecular weight excluding hydrogens is 677 g/mol. The standard InChI is InChI=1S/C37H36N4O7S2/c1-4-48-27-15-13-24(14-16-27)19-30(39-34(44)25-9-6-5-7-10-25)35(45)38-26-11-8-12-28(20-26)49-22-32(43)40-36-33(37(46)47-3)29-17-18-41(23(2)42)21-31(29)50-36/h5-16,19-20H,4,17-18,21-22H2,1-3H3,(H,38,45)(H,39,44)(H,40,43)/b30-19+. The number of fused-ring (bicyclic) bond motifs is 1. The number of rotatable bonds is 12. The van der Waals surface area contributed by atoms with Crippen molar-refractivity contribution in [3.05, 3.63) is 112 Å². The first kappa shape index (κ1) is 35.9. The molecule has 3 N–H and O–H groups in total. The van der Waals surface area contributed by atoms with Crippen molar-refractivity contribution in [3.8, 4) is 5.75 Å². The molecule has 13 heteroatoms. The molecule has 0 spiro atoms. The Hall–Kier alpha value is -5.40. The van der Waals surface area contributed by atoms with E-state index in [1.807, 2.05) is 13.0 Å². The summed E-state index contributed by atoms with van der Waals surface area (Å²) < 4.78 is 10.5. The molecule has 0 atom stereocenters. The van der Waals surface area contributed by atoms with Crippen molar-refractivity contribution in [1.82, 2.24) is 10.2 Å². The van der Waals surface area contributed by atoms with Crippen molar-refractivity contribution in [2.45, 2.75) is 31.7 Å². The number of esters is 1. The van der Waals surface area contributed by atoms with Crippen LogP contribution in [0.1, 0.15) is 50.6 Å². The molecule has 1 aliphatic rings. The van der Waals surface area contributed by atoms with Gasteiger partial charge in [0.25, 0.3) is 11.8 Å². The number of carbonyl (C=O) groups is 5. The van der Waals surface area contributed by atoms with Crippen LogP contribution in [-0.4, -0.2) is 60.5 Å². The highest BCUT2D eigenvalue weighted by atomic mass is 32.2. The third-order valence-corrected chi connectivity index (χ3v) is 9.76. The highest BCUT2D eigenvalue weighted by Crippen LogP contribution is 2.38. The lowest BCUT2D eigenvalue weighted by Gasteiger charge is -2.25. The molecule has 3 aromatic carbocycles. The minimum atomic E-state index is -0.541. The van der Waals surface area contributed by atoms with Gasteiger partial charge in [0, 0.05) is 34.5 Å². The fourth-order valence-corrected chi connectivity index (χ4v) is 7.21. The van der Waals surface area contributed by atoms with E-state index in [9.17, 15) is 24.0 Å². The van der Waals surface area contributed by atoms with Crippen molar-refractivity contribution in [2.75, 3.05) is 36.6 Å². The maximum atomic E-state index is 13.5. The Morgan fingerprint density at radius 1 is 0.960 bits per heavy atom. The Morgan fingerprint density at radius 3 is 2.42 bits per heavy atom. The van der Waals surface area contributed by atoms with E-state index in [0.717, 1.165) is 10.4 Å². The number of ether oxygens (including phenoxy) is 2. The Morgan fingerprint density at radius 2 is 1.72 bits per heavy atom. The van der Waals surface area contributed by atoms with Gasteiger partial charge >= 0.3 is 5.97 Å². The van der Waals surface area contributed by atoms with Crippen molar-refractivity contribution < 1.29 is 33.4 Å². The van der Waals surface area contributed by atoms with E-state index >= 15 is 0 Å². The van der Waals surface area contributed by atoms with Crippen LogP contribution >= 0.6 is 23.1 Å². The van der Waals surface area contributed by atoms with Gasteiger partial charge in [0.2, 0.25) is 11.8 Å². The van der Waals surface area contributed by atoms with E-state index in [1.165, 1.54) is 37.1 Å². The van der Waals surface area contributed by atoms with Gasteiger partial charge in [-0.15, -0.1) is 23.1 Å². The van der Waals surface area contributed by atoms with Gasteiger partial charge in [-0.1, -0.05) is 36.4 Å². The number of hydrogen-bond donors (Lipinski definition) is 3. The molecule has 0 fully saturated rings. The lowest BCUT2D eigenvalue weighted by Crippen LogP contribution is -2.33. The maximum Gasteiger partial charge on any atom is 0.341 e. The van der Waals surface area contributed by atoms with Crippen molar-refractivity contribution in [1.29, 1.82) is 0 Å². The summed E-state index contributed by atoms with van der Waals surface area (Å²) in [6.45, 7) is 4.77. The van der Waals surface area contributed by atoms with E-state index in [-0.39, 0.29) is 23.3 Å². The predicted molar refractivity (Wildman–Crippen MR) is 194 cm³/mol. The van der Waals surface area contributed by atoms with E-state index in [4.69, 9.17) is 9.47 Å². The average Bonchev–Trinajstić information content (AvgIpc) is 3.48. The second-order valence-corrected chi connectivity index (χ2v) is 13.2. The molecule has 0 saturated carbocycles. The molecule has 11 nitrogen and oxygen atoms in total. The molecule has 258 valence electrons. The lowest BCUT2D eigenvalue weighted by molar-refractivity contribution is -0.129. The van der Waals surface area contributed by atoms with E-state index in [0.29, 0.717) is 64.1 Å². The van der Waals surface area contributed by atoms with Gasteiger partial charge in [-0.25, -0.2) is 4.79 Å². The van der Waals surface area contributed by atoms with Gasteiger partial charge in [-0.05, 0) is 73.0 Å². The number of benzene rings is 3. The smallest absolute Gasteiger partial charge is 0.341 e. The van der Waals surface area contributed by atoms with Crippen molar-refractivity contribution in [3.63, 3.8) is 0 Å². The number of amides is 4. The van der Waals surface area contributed by atoms with E-state index in [1.54, 1.807) is 83.8 Å². The number of thiophene rings is 1. The molecule has 5 rings (SSSR count). The second kappa shape index (κ2) is 16.8. The summed E-state index contributed by atoms with van der Waals surface area (Å²) in [6.07, 6.45) is 2.07. The topological polar surface area (TPSA) is 143 Å². The highest BCUT2D eigenvalue weighted by Gasteiger charge is 2.30. The van der Waals surface area contributed by atoms with Crippen LogP contribution in [0.4, 0.5) is 10.7 Å². The van der Waals surface area contributed by atoms with Crippen LogP contribution in [0.2, 0.25) is 0 Å². The summed E-state index contributed by atoms with van der Waals surface area (Å²) in [5.74, 6) is -1.19. The monoisotopic (exact) mass is 712 g/mol. The van der Waals surface area contributed by atoms with Crippen LogP contribution in [-0.2, 0) is 32.1 Å². The van der Waals surface area contributed by atoms with Crippen LogP contribution < -0.4 is 20.7 Å². The van der Waals surface area contributed by atoms with E-state index < -0.39 is 17.8 Å². The van der Waals surface area contributed by atoms with Gasteiger partial charge < -0.3 is 30.3 Å². The largest absolute Gasteiger partial charge is 0.494 e. The molecule has 2 heterocycles. The van der Waals surface area contributed by atoms with Crippen molar-refractivity contribution in [2.24, 2.45) is 0 Å². The quantitative estimate of drug-likeness (QED) is 0.0926. The minimum absolute atomic E-state index is 0.0240. The summed E-state index contributed by atoms with van der Waals surface area (Å²) in [5, 5.41) is 8.82. The number of nitrogens with zero attached hydrogens (tertiary/aromatic N) is 1. The average molecular weight is 713 g/mol. The molecule has 4 aromatic rings. The summed E-state index contributed by atoms with van der Waals surface area (Å²) in [4.78, 5) is 67.5. The fraction of sp³-hybridized carbons (Fsp3) is 0.216. The molecule has 0 saturated heterocycles. The highest BCUT2D eigenvalue weighted by molar-refractivity contribution is 8.00. The van der Waals surface area contributed by atoms with Gasteiger partial charge in [0.15, 0.2) is 0 Å². The normalized spacial score (nSPS) is 12.4. The molecule has 1 aliphatic heterocycles. The van der Waals surface area contributed by atoms with Crippen LogP contribution in [0.3, 0.4) is 0 Å². The number of carbonyl (C=O) groups excluding carboxylic acids is 5. The summed E-state index contributed by atoms with van der Waals surface area (Å²) >= 11 is 2.52. The number of hydrogen-bond acceptors (Lipinski definition) is 9. The van der Waals surface area contributed by atoms with E-state index in [2.05, 4.69) is 16.0 Å².